The molecular weight excluding hydrogens is 1060 g/mol. The van der Waals surface area contributed by atoms with Crippen molar-refractivity contribution in [3.05, 3.63) is 35.9 Å². The average molecular weight is 1150 g/mol. The highest BCUT2D eigenvalue weighted by molar-refractivity contribution is 7.80. The Labute approximate surface area is 472 Å². The Morgan fingerprint density at radius 3 is 1.49 bits per heavy atom. The van der Waals surface area contributed by atoms with E-state index in [0.717, 1.165) is 0 Å². The highest BCUT2D eigenvalue weighted by atomic mass is 32.1. The number of hydrogen-bond acceptors (Lipinski definition) is 15. The minimum atomic E-state index is -1.80. The van der Waals surface area contributed by atoms with E-state index in [1.54, 1.807) is 85.7 Å². The van der Waals surface area contributed by atoms with Crippen LogP contribution in [0.1, 0.15) is 113 Å². The first-order valence-electron chi connectivity index (χ1n) is 26.7. The molecule has 0 aromatic heterocycles. The summed E-state index contributed by atoms with van der Waals surface area (Å²) in [4.78, 5) is 151. The van der Waals surface area contributed by atoms with Crippen LogP contribution in [0.15, 0.2) is 35.3 Å². The smallest absolute Gasteiger partial charge is 0.326 e. The summed E-state index contributed by atoms with van der Waals surface area (Å²) in [6.07, 6.45) is -0.821. The predicted molar refractivity (Wildman–Crippen MR) is 300 cm³/mol. The third kappa shape index (κ3) is 26.3. The highest BCUT2D eigenvalue weighted by Gasteiger charge is 2.36. The molecule has 0 aliphatic heterocycles. The minimum absolute atomic E-state index is 0.00983. The summed E-state index contributed by atoms with van der Waals surface area (Å²) in [5.74, 6) is -12.2. The number of nitrogens with zero attached hydrogens (tertiary/aromatic N) is 1. The molecule has 0 bridgehead atoms. The standard InChI is InChI=1S/C52H87N13O14S/c1-10-29(8)41(65-43(70)32(53)25-80)50(77)62-36(22-27(4)5)46(73)59-34(18-19-39(67)68)45(72)63-38(24-66)49(76)60-35(21-26(2)3)47(74)61-37(23-31-15-12-11-13-16-31)48(75)58-33(17-14-20-56-52(54)55)44(71)57-30(9)42(69)64-40(28(6)7)51(78)79/h11-13,15-16,26-30,32-38,40-41,66,80H,10,14,17-25,53H2,1-9H3,(H,57,71)(H,58,75)(H,59,73)(H,60,76)(H,61,74)(H,62,77)(H,63,72)(H,64,69)(H,65,70)(H,67,68)(H,78,79)(H4,54,55,56)/t29-,30-,32-,33-,34-,35-,36-,37-,38-,40-,41-/m0/s1. The van der Waals surface area contributed by atoms with Gasteiger partial charge in [0, 0.05) is 25.1 Å². The van der Waals surface area contributed by atoms with Gasteiger partial charge >= 0.3 is 11.9 Å². The van der Waals surface area contributed by atoms with E-state index in [0.29, 0.717) is 12.0 Å². The lowest BCUT2D eigenvalue weighted by Gasteiger charge is -2.29. The predicted octanol–water partition coefficient (Wildman–Crippen LogP) is -2.34. The number of aliphatic carboxylic acids is 2. The summed E-state index contributed by atoms with van der Waals surface area (Å²) in [7, 11) is 0. The number of nitrogens with one attached hydrogen (secondary N) is 9. The molecule has 27 nitrogen and oxygen atoms in total. The Morgan fingerprint density at radius 2 is 1.01 bits per heavy atom. The van der Waals surface area contributed by atoms with E-state index in [2.05, 4.69) is 65.5 Å². The van der Waals surface area contributed by atoms with Crippen molar-refractivity contribution in [1.82, 2.24) is 47.9 Å². The van der Waals surface area contributed by atoms with Gasteiger partial charge in [-0.15, -0.1) is 0 Å². The lowest BCUT2D eigenvalue weighted by molar-refractivity contribution is -0.143. The van der Waals surface area contributed by atoms with Crippen molar-refractivity contribution in [3.8, 4) is 0 Å². The summed E-state index contributed by atoms with van der Waals surface area (Å²) in [5.41, 5.74) is 17.3. The number of aliphatic hydroxyl groups is 1. The third-order valence-electron chi connectivity index (χ3n) is 12.6. The molecular formula is C52H87N13O14S. The van der Waals surface area contributed by atoms with Gasteiger partial charge in [0.25, 0.3) is 0 Å². The number of guanidine groups is 1. The minimum Gasteiger partial charge on any atom is -0.481 e. The van der Waals surface area contributed by atoms with Gasteiger partial charge in [-0.2, -0.15) is 12.6 Å². The Bertz CT molecular complexity index is 2270. The molecule has 28 heteroatoms. The van der Waals surface area contributed by atoms with Crippen molar-refractivity contribution < 1.29 is 68.1 Å². The average Bonchev–Trinajstić information content (AvgIpc) is 3.38. The maximum atomic E-state index is 14.3. The lowest BCUT2D eigenvalue weighted by Crippen LogP contribution is -2.61. The summed E-state index contributed by atoms with van der Waals surface area (Å²) in [6, 6.07) is -5.23. The van der Waals surface area contributed by atoms with E-state index < -0.39 is 157 Å². The maximum absolute atomic E-state index is 14.3. The normalized spacial score (nSPS) is 15.3. The fraction of sp³-hybridized carbons (Fsp3) is 0.654. The van der Waals surface area contributed by atoms with Gasteiger partial charge in [0.1, 0.15) is 54.4 Å². The first kappa shape index (κ1) is 70.9. The number of carbonyl (C=O) groups is 11. The van der Waals surface area contributed by atoms with Crippen LogP contribution in [0.25, 0.3) is 0 Å². The van der Waals surface area contributed by atoms with Crippen molar-refractivity contribution in [2.24, 2.45) is 45.9 Å². The van der Waals surface area contributed by atoms with Crippen LogP contribution in [0.2, 0.25) is 0 Å². The molecule has 1 rings (SSSR count). The molecule has 0 aliphatic carbocycles. The summed E-state index contributed by atoms with van der Waals surface area (Å²) < 4.78 is 0. The molecule has 9 amide bonds. The molecule has 80 heavy (non-hydrogen) atoms. The van der Waals surface area contributed by atoms with Gasteiger partial charge < -0.3 is 80.4 Å². The number of carboxylic acids is 2. The van der Waals surface area contributed by atoms with Crippen LogP contribution in [-0.2, 0) is 59.2 Å². The Morgan fingerprint density at radius 1 is 0.562 bits per heavy atom. The molecule has 0 unspecified atom stereocenters. The second kappa shape index (κ2) is 36.2. The zero-order chi connectivity index (χ0) is 61.0. The van der Waals surface area contributed by atoms with Gasteiger partial charge in [-0.1, -0.05) is 92.1 Å². The molecule has 18 N–H and O–H groups in total. The maximum Gasteiger partial charge on any atom is 0.326 e. The van der Waals surface area contributed by atoms with Crippen molar-refractivity contribution in [3.63, 3.8) is 0 Å². The number of hydrogen-bond donors (Lipinski definition) is 16. The van der Waals surface area contributed by atoms with Gasteiger partial charge in [0.05, 0.1) is 12.6 Å². The summed E-state index contributed by atoms with van der Waals surface area (Å²) >= 11 is 4.05. The molecule has 0 saturated carbocycles. The number of thiol groups is 1. The number of nitrogens with two attached hydrogens (primary N) is 3. The van der Waals surface area contributed by atoms with Crippen LogP contribution in [-0.4, -0.2) is 166 Å². The first-order chi connectivity index (χ1) is 37.4. The largest absolute Gasteiger partial charge is 0.481 e. The van der Waals surface area contributed by atoms with Crippen LogP contribution in [0, 0.1) is 23.7 Å². The van der Waals surface area contributed by atoms with Gasteiger partial charge in [-0.05, 0) is 68.3 Å². The molecule has 0 saturated heterocycles. The summed E-state index contributed by atoms with van der Waals surface area (Å²) in [6.45, 7) is 14.0. The Kier molecular flexibility index (Phi) is 32.1. The quantitative estimate of drug-likeness (QED) is 0.0144. The Balaban J connectivity index is 3.55. The van der Waals surface area contributed by atoms with Crippen LogP contribution in [0.5, 0.6) is 0 Å². The van der Waals surface area contributed by atoms with E-state index in [-0.39, 0.29) is 62.2 Å². The van der Waals surface area contributed by atoms with E-state index in [1.807, 2.05) is 0 Å². The third-order valence-corrected chi connectivity index (χ3v) is 13.0. The number of aliphatic hydroxyl groups excluding tert-OH is 1. The second-order valence-electron chi connectivity index (χ2n) is 20.8. The van der Waals surface area contributed by atoms with E-state index in [1.165, 1.54) is 6.92 Å². The number of carboxylic acid groups (broad SMARTS) is 2. The molecule has 0 aliphatic rings. The highest BCUT2D eigenvalue weighted by Crippen LogP contribution is 2.14. The molecule has 0 heterocycles. The fourth-order valence-corrected chi connectivity index (χ4v) is 7.97. The molecule has 450 valence electrons. The molecule has 11 atom stereocenters. The lowest BCUT2D eigenvalue weighted by atomic mass is 9.96. The van der Waals surface area contributed by atoms with Crippen molar-refractivity contribution in [2.45, 2.75) is 174 Å². The van der Waals surface area contributed by atoms with Gasteiger partial charge in [-0.25, -0.2) is 4.79 Å². The monoisotopic (exact) mass is 1150 g/mol. The van der Waals surface area contributed by atoms with Gasteiger partial charge in [-0.3, -0.25) is 52.9 Å². The molecule has 0 radical (unpaired) electrons. The van der Waals surface area contributed by atoms with Crippen molar-refractivity contribution in [2.75, 3.05) is 18.9 Å². The molecule has 0 spiro atoms. The van der Waals surface area contributed by atoms with Crippen LogP contribution >= 0.6 is 12.6 Å². The number of amides is 9. The topological polar surface area (TPSA) is 447 Å². The molecule has 1 aromatic carbocycles. The van der Waals surface area contributed by atoms with E-state index in [4.69, 9.17) is 17.2 Å². The SMILES string of the molecule is CC[C@H](C)[C@H](NC(=O)[C@@H](N)CS)C(=O)N[C@@H](CC(C)C)C(=O)N[C@@H](CCC(=O)O)C(=O)N[C@@H](CO)C(=O)N[C@@H](CC(C)C)C(=O)N[C@@H](Cc1ccccc1)C(=O)N[C@@H](CCCN=C(N)N)C(=O)N[C@@H](C)C(=O)N[C@H](C(=O)O)C(C)C. The number of carbonyl (C=O) groups excluding carboxylic acids is 9. The van der Waals surface area contributed by atoms with Gasteiger partial charge in [0.2, 0.25) is 53.2 Å². The fourth-order valence-electron chi connectivity index (χ4n) is 7.81. The van der Waals surface area contributed by atoms with Crippen molar-refractivity contribution in [1.29, 1.82) is 0 Å². The number of aliphatic imine (C=N–C) groups is 1. The van der Waals surface area contributed by atoms with Crippen LogP contribution in [0.4, 0.5) is 0 Å². The zero-order valence-corrected chi connectivity index (χ0v) is 48.1. The zero-order valence-electron chi connectivity index (χ0n) is 47.2. The molecule has 1 aromatic rings. The number of benzene rings is 1. The van der Waals surface area contributed by atoms with Gasteiger partial charge in [0.15, 0.2) is 5.96 Å². The van der Waals surface area contributed by atoms with Crippen LogP contribution < -0.4 is 65.1 Å². The number of rotatable bonds is 37. The van der Waals surface area contributed by atoms with Crippen molar-refractivity contribution >= 4 is 83.7 Å². The second-order valence-corrected chi connectivity index (χ2v) is 21.2. The van der Waals surface area contributed by atoms with E-state index in [9.17, 15) is 68.1 Å². The van der Waals surface area contributed by atoms with Crippen LogP contribution in [0.3, 0.4) is 0 Å². The first-order valence-corrected chi connectivity index (χ1v) is 27.3. The van der Waals surface area contributed by atoms with E-state index >= 15 is 0 Å². The summed E-state index contributed by atoms with van der Waals surface area (Å²) in [5, 5.41) is 52.3. The molecule has 0 fully saturated rings. The Hall–Kier alpha value is -7.07.